The average molecular weight is 264 g/mol. The molecular formula is C10H16O4S2. The lowest BCUT2D eigenvalue weighted by molar-refractivity contribution is -0.138. The molecule has 0 radical (unpaired) electrons. The van der Waals surface area contributed by atoms with Crippen molar-refractivity contribution < 1.29 is 19.1 Å². The van der Waals surface area contributed by atoms with Gasteiger partial charge in [0.05, 0.1) is 19.8 Å². The van der Waals surface area contributed by atoms with Gasteiger partial charge in [0.25, 0.3) is 0 Å². The Morgan fingerprint density at radius 1 is 1.31 bits per heavy atom. The van der Waals surface area contributed by atoms with E-state index in [-0.39, 0.29) is 0 Å². The van der Waals surface area contributed by atoms with Crippen LogP contribution in [0, 0.1) is 0 Å². The highest BCUT2D eigenvalue weighted by atomic mass is 32.2. The standard InChI is InChI=1S/C10H16O4S2/c1-13-9(11)6-8(10(12)14-2)7-16-5-3-4-15/h6,15H,3-5,7H2,1-2H3/b8-6-. The number of carbonyl (C=O) groups excluding carboxylic acids is 2. The number of methoxy groups -OCH3 is 2. The lowest BCUT2D eigenvalue weighted by atomic mass is 10.3. The first kappa shape index (κ1) is 15.4. The van der Waals surface area contributed by atoms with Gasteiger partial charge in [0.15, 0.2) is 0 Å². The summed E-state index contributed by atoms with van der Waals surface area (Å²) in [5.41, 5.74) is 0.318. The number of hydrogen-bond donors (Lipinski definition) is 1. The molecule has 0 spiro atoms. The third kappa shape index (κ3) is 6.79. The molecular weight excluding hydrogens is 248 g/mol. The van der Waals surface area contributed by atoms with Crippen LogP contribution in [-0.2, 0) is 19.1 Å². The van der Waals surface area contributed by atoms with Crippen molar-refractivity contribution in [2.75, 3.05) is 31.5 Å². The van der Waals surface area contributed by atoms with Crippen molar-refractivity contribution in [1.29, 1.82) is 0 Å². The summed E-state index contributed by atoms with van der Waals surface area (Å²) in [6.07, 6.45) is 2.12. The Morgan fingerprint density at radius 3 is 2.50 bits per heavy atom. The van der Waals surface area contributed by atoms with Crippen molar-refractivity contribution in [1.82, 2.24) is 0 Å². The highest BCUT2D eigenvalue weighted by Crippen LogP contribution is 2.11. The zero-order chi connectivity index (χ0) is 12.4. The van der Waals surface area contributed by atoms with E-state index in [4.69, 9.17) is 0 Å². The third-order valence-corrected chi connectivity index (χ3v) is 3.05. The number of thioether (sulfide) groups is 1. The van der Waals surface area contributed by atoms with Crippen molar-refractivity contribution in [3.63, 3.8) is 0 Å². The van der Waals surface area contributed by atoms with E-state index in [2.05, 4.69) is 22.1 Å². The first-order valence-corrected chi connectivity index (χ1v) is 6.49. The van der Waals surface area contributed by atoms with Crippen LogP contribution >= 0.6 is 24.4 Å². The molecule has 0 rings (SSSR count). The number of thiol groups is 1. The number of carbonyl (C=O) groups is 2. The molecule has 0 unspecified atom stereocenters. The van der Waals surface area contributed by atoms with Crippen LogP contribution < -0.4 is 0 Å². The van der Waals surface area contributed by atoms with Crippen LogP contribution in [0.4, 0.5) is 0 Å². The van der Waals surface area contributed by atoms with Gasteiger partial charge in [-0.2, -0.15) is 24.4 Å². The quantitative estimate of drug-likeness (QED) is 0.325. The molecule has 0 amide bonds. The summed E-state index contributed by atoms with van der Waals surface area (Å²) >= 11 is 5.64. The minimum absolute atomic E-state index is 0.318. The van der Waals surface area contributed by atoms with Crippen LogP contribution in [0.15, 0.2) is 11.6 Å². The van der Waals surface area contributed by atoms with E-state index in [0.29, 0.717) is 11.3 Å². The molecule has 0 aromatic heterocycles. The highest BCUT2D eigenvalue weighted by Gasteiger charge is 2.11. The largest absolute Gasteiger partial charge is 0.466 e. The first-order valence-electron chi connectivity index (χ1n) is 4.71. The second kappa shape index (κ2) is 9.59. The van der Waals surface area contributed by atoms with Gasteiger partial charge >= 0.3 is 11.9 Å². The van der Waals surface area contributed by atoms with Gasteiger partial charge in [-0.25, -0.2) is 9.59 Å². The fourth-order valence-electron chi connectivity index (χ4n) is 0.841. The molecule has 92 valence electrons. The molecule has 0 heterocycles. The molecule has 0 aliphatic rings. The summed E-state index contributed by atoms with van der Waals surface area (Å²) < 4.78 is 9.03. The van der Waals surface area contributed by atoms with Crippen LogP contribution in [0.3, 0.4) is 0 Å². The molecule has 0 aromatic rings. The molecule has 0 saturated heterocycles. The molecule has 0 N–H and O–H groups in total. The minimum Gasteiger partial charge on any atom is -0.466 e. The Balaban J connectivity index is 4.27. The molecule has 16 heavy (non-hydrogen) atoms. The molecule has 0 bridgehead atoms. The maximum atomic E-state index is 11.3. The van der Waals surface area contributed by atoms with Crippen molar-refractivity contribution >= 4 is 36.3 Å². The van der Waals surface area contributed by atoms with Crippen LogP contribution in [0.5, 0.6) is 0 Å². The van der Waals surface area contributed by atoms with Crippen LogP contribution in [-0.4, -0.2) is 43.4 Å². The van der Waals surface area contributed by atoms with Gasteiger partial charge in [-0.15, -0.1) is 0 Å². The van der Waals surface area contributed by atoms with E-state index < -0.39 is 11.9 Å². The van der Waals surface area contributed by atoms with Gasteiger partial charge in [0.2, 0.25) is 0 Å². The summed E-state index contributed by atoms with van der Waals surface area (Å²) in [5.74, 6) is 1.09. The number of rotatable bonds is 7. The Kier molecular flexibility index (Phi) is 9.22. The monoisotopic (exact) mass is 264 g/mol. The summed E-state index contributed by atoms with van der Waals surface area (Å²) in [5, 5.41) is 0. The zero-order valence-electron chi connectivity index (χ0n) is 9.39. The summed E-state index contributed by atoms with van der Waals surface area (Å²) in [7, 11) is 2.55. The molecule has 0 saturated carbocycles. The topological polar surface area (TPSA) is 52.6 Å². The number of hydrogen-bond acceptors (Lipinski definition) is 6. The Hall–Kier alpha value is -0.620. The Labute approximate surface area is 105 Å². The van der Waals surface area contributed by atoms with E-state index in [1.165, 1.54) is 20.3 Å². The SMILES string of the molecule is COC(=O)/C=C(/CSCCCS)C(=O)OC. The summed E-state index contributed by atoms with van der Waals surface area (Å²) in [6, 6.07) is 0. The van der Waals surface area contributed by atoms with E-state index in [0.717, 1.165) is 17.9 Å². The highest BCUT2D eigenvalue weighted by molar-refractivity contribution is 7.99. The second-order valence-electron chi connectivity index (χ2n) is 2.81. The molecule has 6 heteroatoms. The third-order valence-electron chi connectivity index (χ3n) is 1.65. The summed E-state index contributed by atoms with van der Waals surface area (Å²) in [6.45, 7) is 0. The van der Waals surface area contributed by atoms with Crippen molar-refractivity contribution in [2.24, 2.45) is 0 Å². The molecule has 0 aliphatic heterocycles. The molecule has 0 aromatic carbocycles. The molecule has 0 fully saturated rings. The first-order chi connectivity index (χ1) is 7.65. The van der Waals surface area contributed by atoms with Crippen molar-refractivity contribution in [3.05, 3.63) is 11.6 Å². The van der Waals surface area contributed by atoms with Crippen LogP contribution in [0.1, 0.15) is 6.42 Å². The van der Waals surface area contributed by atoms with E-state index in [1.807, 2.05) is 0 Å². The van der Waals surface area contributed by atoms with E-state index in [1.54, 1.807) is 11.8 Å². The van der Waals surface area contributed by atoms with Gasteiger partial charge < -0.3 is 9.47 Å². The Morgan fingerprint density at radius 2 is 2.00 bits per heavy atom. The van der Waals surface area contributed by atoms with Crippen molar-refractivity contribution in [3.8, 4) is 0 Å². The van der Waals surface area contributed by atoms with Crippen LogP contribution in [0.25, 0.3) is 0 Å². The van der Waals surface area contributed by atoms with Gasteiger partial charge in [0, 0.05) is 11.8 Å². The Bertz CT molecular complexity index is 264. The molecule has 4 nitrogen and oxygen atoms in total. The fraction of sp³-hybridized carbons (Fsp3) is 0.600. The normalized spacial score (nSPS) is 11.1. The fourth-order valence-corrected chi connectivity index (χ4v) is 2.13. The maximum Gasteiger partial charge on any atom is 0.334 e. The molecule has 0 atom stereocenters. The molecule has 0 aliphatic carbocycles. The van der Waals surface area contributed by atoms with Gasteiger partial charge in [-0.3, -0.25) is 0 Å². The lowest BCUT2D eigenvalue weighted by Crippen LogP contribution is -2.10. The maximum absolute atomic E-state index is 11.3. The van der Waals surface area contributed by atoms with E-state index >= 15 is 0 Å². The lowest BCUT2D eigenvalue weighted by Gasteiger charge is -2.04. The number of ether oxygens (including phenoxy) is 2. The van der Waals surface area contributed by atoms with Crippen molar-refractivity contribution in [2.45, 2.75) is 6.42 Å². The van der Waals surface area contributed by atoms with Gasteiger partial charge in [-0.1, -0.05) is 0 Å². The smallest absolute Gasteiger partial charge is 0.334 e. The second-order valence-corrected chi connectivity index (χ2v) is 4.37. The number of esters is 2. The van der Waals surface area contributed by atoms with Gasteiger partial charge in [-0.05, 0) is 17.9 Å². The zero-order valence-corrected chi connectivity index (χ0v) is 11.1. The van der Waals surface area contributed by atoms with E-state index in [9.17, 15) is 9.59 Å². The average Bonchev–Trinajstić information content (AvgIpc) is 2.31. The predicted molar refractivity (Wildman–Crippen MR) is 67.9 cm³/mol. The predicted octanol–water partition coefficient (Wildman–Crippen LogP) is 1.31. The minimum atomic E-state index is -0.546. The van der Waals surface area contributed by atoms with Gasteiger partial charge in [0.1, 0.15) is 0 Å². The van der Waals surface area contributed by atoms with Crippen LogP contribution in [0.2, 0.25) is 0 Å². The summed E-state index contributed by atoms with van der Waals surface area (Å²) in [4.78, 5) is 22.3.